The highest BCUT2D eigenvalue weighted by Gasteiger charge is 2.20. The molecule has 0 spiro atoms. The highest BCUT2D eigenvalue weighted by Crippen LogP contribution is 2.34. The van der Waals surface area contributed by atoms with Gasteiger partial charge >= 0.3 is 0 Å². The SMILES string of the molecule is CCCCCCCC1CCC(CCc2ccc(-c3ccc(CCCCC)nn3)cc2)CC1. The Morgan fingerprint density at radius 3 is 1.94 bits per heavy atom. The van der Waals surface area contributed by atoms with Crippen LogP contribution < -0.4 is 0 Å². The molecular weight excluding hydrogens is 388 g/mol. The van der Waals surface area contributed by atoms with Gasteiger partial charge in [-0.15, -0.1) is 0 Å². The number of rotatable bonds is 14. The molecule has 0 bridgehead atoms. The van der Waals surface area contributed by atoms with Crippen LogP contribution in [0.1, 0.15) is 115 Å². The van der Waals surface area contributed by atoms with Crippen molar-refractivity contribution in [2.45, 2.75) is 117 Å². The first-order valence-corrected chi connectivity index (χ1v) is 13.7. The number of unbranched alkanes of at least 4 members (excludes halogenated alkanes) is 6. The number of hydrogen-bond donors (Lipinski definition) is 0. The largest absolute Gasteiger partial charge is 0.155 e. The quantitative estimate of drug-likeness (QED) is 0.277. The second kappa shape index (κ2) is 14.4. The highest BCUT2D eigenvalue weighted by molar-refractivity contribution is 5.58. The lowest BCUT2D eigenvalue weighted by atomic mass is 9.77. The van der Waals surface area contributed by atoms with Crippen molar-refractivity contribution < 1.29 is 0 Å². The van der Waals surface area contributed by atoms with Crippen LogP contribution >= 0.6 is 0 Å². The molecule has 0 amide bonds. The Hall–Kier alpha value is -1.70. The topological polar surface area (TPSA) is 25.8 Å². The van der Waals surface area contributed by atoms with E-state index < -0.39 is 0 Å². The zero-order chi connectivity index (χ0) is 22.4. The summed E-state index contributed by atoms with van der Waals surface area (Å²) in [4.78, 5) is 0. The van der Waals surface area contributed by atoms with Gasteiger partial charge in [0.2, 0.25) is 0 Å². The molecule has 176 valence electrons. The predicted molar refractivity (Wildman–Crippen MR) is 138 cm³/mol. The third-order valence-electron chi connectivity index (χ3n) is 7.53. The lowest BCUT2D eigenvalue weighted by Gasteiger charge is -2.28. The second-order valence-electron chi connectivity index (χ2n) is 10.2. The number of aryl methyl sites for hydroxylation is 2. The molecule has 1 aromatic heterocycles. The first kappa shape index (κ1) is 24.9. The van der Waals surface area contributed by atoms with Crippen molar-refractivity contribution in [2.24, 2.45) is 11.8 Å². The fourth-order valence-corrected chi connectivity index (χ4v) is 5.26. The molecule has 1 fully saturated rings. The molecule has 1 aromatic carbocycles. The Labute approximate surface area is 197 Å². The standard InChI is InChI=1S/C30H46N2/c1-3-5-7-8-10-11-25-13-15-26(16-14-25)17-18-27-19-21-28(22-20-27)30-24-23-29(31-32-30)12-9-6-4-2/h19-26H,3-18H2,1-2H3. The summed E-state index contributed by atoms with van der Waals surface area (Å²) >= 11 is 0. The minimum absolute atomic E-state index is 0.942. The van der Waals surface area contributed by atoms with Gasteiger partial charge in [0.1, 0.15) is 0 Å². The molecular formula is C30H46N2. The van der Waals surface area contributed by atoms with Crippen molar-refractivity contribution in [3.05, 3.63) is 47.7 Å². The van der Waals surface area contributed by atoms with E-state index >= 15 is 0 Å². The van der Waals surface area contributed by atoms with Crippen LogP contribution in [-0.4, -0.2) is 10.2 Å². The Balaban J connectivity index is 1.35. The van der Waals surface area contributed by atoms with Crippen LogP contribution in [0.2, 0.25) is 0 Å². The van der Waals surface area contributed by atoms with Gasteiger partial charge in [-0.2, -0.15) is 10.2 Å². The summed E-state index contributed by atoms with van der Waals surface area (Å²) in [6.45, 7) is 4.54. The van der Waals surface area contributed by atoms with Gasteiger partial charge in [-0.1, -0.05) is 115 Å². The maximum Gasteiger partial charge on any atom is 0.0929 e. The van der Waals surface area contributed by atoms with Gasteiger partial charge in [0.25, 0.3) is 0 Å². The monoisotopic (exact) mass is 434 g/mol. The van der Waals surface area contributed by atoms with Crippen molar-refractivity contribution in [3.63, 3.8) is 0 Å². The summed E-state index contributed by atoms with van der Waals surface area (Å²) in [5, 5.41) is 8.90. The fraction of sp³-hybridized carbons (Fsp3) is 0.667. The van der Waals surface area contributed by atoms with E-state index in [1.165, 1.54) is 107 Å². The van der Waals surface area contributed by atoms with Gasteiger partial charge in [0, 0.05) is 5.56 Å². The number of hydrogen-bond acceptors (Lipinski definition) is 2. The van der Waals surface area contributed by atoms with E-state index in [1.807, 2.05) is 0 Å². The van der Waals surface area contributed by atoms with E-state index in [9.17, 15) is 0 Å². The normalized spacial score (nSPS) is 18.7. The van der Waals surface area contributed by atoms with Gasteiger partial charge in [-0.3, -0.25) is 0 Å². The Kier molecular flexibility index (Phi) is 11.3. The maximum atomic E-state index is 4.47. The molecule has 32 heavy (non-hydrogen) atoms. The van der Waals surface area contributed by atoms with Gasteiger partial charge < -0.3 is 0 Å². The third-order valence-corrected chi connectivity index (χ3v) is 7.53. The lowest BCUT2D eigenvalue weighted by Crippen LogP contribution is -2.15. The van der Waals surface area contributed by atoms with Gasteiger partial charge in [0.15, 0.2) is 0 Å². The van der Waals surface area contributed by atoms with E-state index in [0.29, 0.717) is 0 Å². The molecule has 0 atom stereocenters. The van der Waals surface area contributed by atoms with Crippen LogP contribution in [0.25, 0.3) is 11.3 Å². The van der Waals surface area contributed by atoms with Gasteiger partial charge in [0.05, 0.1) is 11.4 Å². The van der Waals surface area contributed by atoms with E-state index in [0.717, 1.165) is 29.6 Å². The van der Waals surface area contributed by atoms with Gasteiger partial charge in [-0.05, 0) is 55.2 Å². The minimum atomic E-state index is 0.942. The molecule has 2 aromatic rings. The molecule has 1 aliphatic carbocycles. The molecule has 0 saturated heterocycles. The average Bonchev–Trinajstić information content (AvgIpc) is 2.84. The predicted octanol–water partition coefficient (Wildman–Crippen LogP) is 8.98. The molecule has 0 aliphatic heterocycles. The zero-order valence-corrected chi connectivity index (χ0v) is 20.8. The first-order valence-electron chi connectivity index (χ1n) is 13.7. The fourth-order valence-electron chi connectivity index (χ4n) is 5.26. The molecule has 1 heterocycles. The molecule has 1 aliphatic rings. The third kappa shape index (κ3) is 8.68. The summed E-state index contributed by atoms with van der Waals surface area (Å²) in [7, 11) is 0. The molecule has 2 heteroatoms. The first-order chi connectivity index (χ1) is 15.8. The number of benzene rings is 1. The van der Waals surface area contributed by atoms with E-state index in [1.54, 1.807) is 0 Å². The zero-order valence-electron chi connectivity index (χ0n) is 20.8. The highest BCUT2D eigenvalue weighted by atomic mass is 15.1. The molecule has 0 radical (unpaired) electrons. The van der Waals surface area contributed by atoms with Crippen LogP contribution in [0.3, 0.4) is 0 Å². The van der Waals surface area contributed by atoms with E-state index in [2.05, 4.69) is 60.4 Å². The molecule has 2 nitrogen and oxygen atoms in total. The van der Waals surface area contributed by atoms with Crippen LogP contribution in [0.5, 0.6) is 0 Å². The second-order valence-corrected chi connectivity index (χ2v) is 10.2. The summed E-state index contributed by atoms with van der Waals surface area (Å²) in [6, 6.07) is 13.3. The van der Waals surface area contributed by atoms with Crippen LogP contribution in [-0.2, 0) is 12.8 Å². The molecule has 0 N–H and O–H groups in total. The van der Waals surface area contributed by atoms with E-state index in [-0.39, 0.29) is 0 Å². The van der Waals surface area contributed by atoms with E-state index in [4.69, 9.17) is 0 Å². The summed E-state index contributed by atoms with van der Waals surface area (Å²) in [6.07, 6.45) is 21.8. The maximum absolute atomic E-state index is 4.47. The van der Waals surface area contributed by atoms with Crippen LogP contribution in [0, 0.1) is 11.8 Å². The smallest absolute Gasteiger partial charge is 0.0929 e. The number of aromatic nitrogens is 2. The molecule has 3 rings (SSSR count). The van der Waals surface area contributed by atoms with Crippen molar-refractivity contribution in [1.29, 1.82) is 0 Å². The van der Waals surface area contributed by atoms with Crippen molar-refractivity contribution in [3.8, 4) is 11.3 Å². The lowest BCUT2D eigenvalue weighted by molar-refractivity contribution is 0.248. The van der Waals surface area contributed by atoms with Crippen molar-refractivity contribution >= 4 is 0 Å². The van der Waals surface area contributed by atoms with Crippen molar-refractivity contribution in [2.75, 3.05) is 0 Å². The Morgan fingerprint density at radius 1 is 0.625 bits per heavy atom. The summed E-state index contributed by atoms with van der Waals surface area (Å²) in [5.74, 6) is 1.96. The van der Waals surface area contributed by atoms with Crippen molar-refractivity contribution in [1.82, 2.24) is 10.2 Å². The Morgan fingerprint density at radius 2 is 1.28 bits per heavy atom. The van der Waals surface area contributed by atoms with Gasteiger partial charge in [-0.25, -0.2) is 0 Å². The minimum Gasteiger partial charge on any atom is -0.155 e. The van der Waals surface area contributed by atoms with Crippen LogP contribution in [0.15, 0.2) is 36.4 Å². The molecule has 1 saturated carbocycles. The summed E-state index contributed by atoms with van der Waals surface area (Å²) < 4.78 is 0. The van der Waals surface area contributed by atoms with Crippen LogP contribution in [0.4, 0.5) is 0 Å². The average molecular weight is 435 g/mol. The number of nitrogens with zero attached hydrogens (tertiary/aromatic N) is 2. The summed E-state index contributed by atoms with van der Waals surface area (Å²) in [5.41, 5.74) is 4.76. The Bertz CT molecular complexity index is 726. The molecule has 0 unspecified atom stereocenters.